The number of hydrogen-bond acceptors (Lipinski definition) is 4. The first-order valence-electron chi connectivity index (χ1n) is 5.61. The van der Waals surface area contributed by atoms with Gasteiger partial charge in [0.15, 0.2) is 9.84 Å². The minimum atomic E-state index is -2.95. The number of rotatable bonds is 5. The SMILES string of the molecule is C#CC(CCC)NC1(CN)CCS(=O)(=O)C1. The summed E-state index contributed by atoms with van der Waals surface area (Å²) in [6.45, 7) is 2.36. The maximum absolute atomic E-state index is 11.5. The summed E-state index contributed by atoms with van der Waals surface area (Å²) in [6, 6.07) is -0.0816. The number of nitrogens with two attached hydrogens (primary N) is 1. The van der Waals surface area contributed by atoms with E-state index in [0.29, 0.717) is 13.0 Å². The van der Waals surface area contributed by atoms with E-state index < -0.39 is 15.4 Å². The quantitative estimate of drug-likeness (QED) is 0.662. The van der Waals surface area contributed by atoms with Crippen molar-refractivity contribution in [3.8, 4) is 12.3 Å². The van der Waals surface area contributed by atoms with Gasteiger partial charge in [0.1, 0.15) is 0 Å². The zero-order valence-corrected chi connectivity index (χ0v) is 10.5. The molecule has 5 heteroatoms. The normalized spacial score (nSPS) is 29.8. The fourth-order valence-corrected chi connectivity index (χ4v) is 4.14. The highest BCUT2D eigenvalue weighted by Crippen LogP contribution is 2.23. The smallest absolute Gasteiger partial charge is 0.152 e. The zero-order valence-electron chi connectivity index (χ0n) is 9.70. The molecule has 2 atom stereocenters. The molecule has 3 N–H and O–H groups in total. The Morgan fingerprint density at radius 3 is 2.69 bits per heavy atom. The molecule has 0 aliphatic carbocycles. The van der Waals surface area contributed by atoms with E-state index in [0.717, 1.165) is 12.8 Å². The van der Waals surface area contributed by atoms with Gasteiger partial charge in [-0.2, -0.15) is 0 Å². The molecule has 0 amide bonds. The van der Waals surface area contributed by atoms with Gasteiger partial charge in [-0.25, -0.2) is 8.42 Å². The second-order valence-electron chi connectivity index (χ2n) is 4.48. The number of nitrogens with one attached hydrogen (secondary N) is 1. The van der Waals surface area contributed by atoms with Gasteiger partial charge in [0.2, 0.25) is 0 Å². The van der Waals surface area contributed by atoms with Gasteiger partial charge in [0, 0.05) is 12.1 Å². The molecular weight excluding hydrogens is 224 g/mol. The maximum atomic E-state index is 11.5. The molecular formula is C11H20N2O2S. The Bertz CT molecular complexity index is 372. The van der Waals surface area contributed by atoms with E-state index in [1.165, 1.54) is 0 Å². The fourth-order valence-electron chi connectivity index (χ4n) is 2.11. The van der Waals surface area contributed by atoms with Crippen LogP contribution in [0.5, 0.6) is 0 Å². The van der Waals surface area contributed by atoms with Crippen molar-refractivity contribution in [2.45, 2.75) is 37.8 Å². The second-order valence-corrected chi connectivity index (χ2v) is 6.66. The summed E-state index contributed by atoms with van der Waals surface area (Å²) in [7, 11) is -2.95. The Morgan fingerprint density at radius 2 is 2.31 bits per heavy atom. The molecule has 1 aliphatic rings. The van der Waals surface area contributed by atoms with Crippen molar-refractivity contribution < 1.29 is 8.42 Å². The summed E-state index contributed by atoms with van der Waals surface area (Å²) >= 11 is 0. The monoisotopic (exact) mass is 244 g/mol. The molecule has 0 aromatic heterocycles. The Kier molecular flexibility index (Phi) is 4.36. The predicted octanol–water partition coefficient (Wildman–Crippen LogP) is -0.106. The van der Waals surface area contributed by atoms with Crippen LogP contribution >= 0.6 is 0 Å². The Labute approximate surface area is 97.9 Å². The van der Waals surface area contributed by atoms with Gasteiger partial charge in [0.25, 0.3) is 0 Å². The van der Waals surface area contributed by atoms with Crippen LogP contribution in [0.15, 0.2) is 0 Å². The van der Waals surface area contributed by atoms with Gasteiger partial charge in [-0.05, 0) is 12.8 Å². The van der Waals surface area contributed by atoms with E-state index in [1.807, 2.05) is 6.92 Å². The standard InChI is InChI=1S/C11H20N2O2S/c1-3-5-10(4-2)13-11(8-12)6-7-16(14,15)9-11/h2,10,13H,3,5-9,12H2,1H3. The topological polar surface area (TPSA) is 72.2 Å². The van der Waals surface area contributed by atoms with E-state index in [-0.39, 0.29) is 17.5 Å². The van der Waals surface area contributed by atoms with Crippen LogP contribution in [0.4, 0.5) is 0 Å². The van der Waals surface area contributed by atoms with Crippen LogP contribution in [0.1, 0.15) is 26.2 Å². The fraction of sp³-hybridized carbons (Fsp3) is 0.818. The van der Waals surface area contributed by atoms with Gasteiger partial charge >= 0.3 is 0 Å². The maximum Gasteiger partial charge on any atom is 0.152 e. The Morgan fingerprint density at radius 1 is 1.62 bits per heavy atom. The van der Waals surface area contributed by atoms with Crippen LogP contribution in [0, 0.1) is 12.3 Å². The molecule has 1 aliphatic heterocycles. The predicted molar refractivity (Wildman–Crippen MR) is 65.7 cm³/mol. The van der Waals surface area contributed by atoms with E-state index in [4.69, 9.17) is 12.2 Å². The highest BCUT2D eigenvalue weighted by molar-refractivity contribution is 7.91. The Hall–Kier alpha value is -0.570. The third-order valence-corrected chi connectivity index (χ3v) is 4.86. The lowest BCUT2D eigenvalue weighted by Gasteiger charge is -2.30. The summed E-state index contributed by atoms with van der Waals surface area (Å²) in [5.41, 5.74) is 5.18. The lowest BCUT2D eigenvalue weighted by atomic mass is 9.97. The van der Waals surface area contributed by atoms with Crippen molar-refractivity contribution in [1.29, 1.82) is 0 Å². The lowest BCUT2D eigenvalue weighted by molar-refractivity contribution is 0.341. The average Bonchev–Trinajstić information content (AvgIpc) is 2.54. The first-order valence-corrected chi connectivity index (χ1v) is 7.43. The summed E-state index contributed by atoms with van der Waals surface area (Å²) in [5.74, 6) is 2.97. The molecule has 0 spiro atoms. The second kappa shape index (κ2) is 5.17. The van der Waals surface area contributed by atoms with Crippen molar-refractivity contribution >= 4 is 9.84 Å². The van der Waals surface area contributed by atoms with Crippen LogP contribution in [-0.2, 0) is 9.84 Å². The highest BCUT2D eigenvalue weighted by atomic mass is 32.2. The third kappa shape index (κ3) is 3.21. The number of sulfone groups is 1. The Balaban J connectivity index is 2.72. The summed E-state index contributed by atoms with van der Waals surface area (Å²) in [6.07, 6.45) is 7.79. The summed E-state index contributed by atoms with van der Waals surface area (Å²) in [4.78, 5) is 0. The van der Waals surface area contributed by atoms with Crippen LogP contribution in [0.25, 0.3) is 0 Å². The molecule has 1 fully saturated rings. The molecule has 92 valence electrons. The van der Waals surface area contributed by atoms with Crippen molar-refractivity contribution in [2.75, 3.05) is 18.1 Å². The van der Waals surface area contributed by atoms with Crippen molar-refractivity contribution in [3.63, 3.8) is 0 Å². The zero-order chi connectivity index (χ0) is 12.2. The van der Waals surface area contributed by atoms with Crippen LogP contribution in [0.2, 0.25) is 0 Å². The molecule has 1 rings (SSSR count). The van der Waals surface area contributed by atoms with Gasteiger partial charge in [0.05, 0.1) is 17.5 Å². The molecule has 4 nitrogen and oxygen atoms in total. The van der Waals surface area contributed by atoms with E-state index in [2.05, 4.69) is 11.2 Å². The van der Waals surface area contributed by atoms with Crippen molar-refractivity contribution in [2.24, 2.45) is 5.73 Å². The summed E-state index contributed by atoms with van der Waals surface area (Å²) in [5, 5.41) is 3.25. The van der Waals surface area contributed by atoms with E-state index in [9.17, 15) is 8.42 Å². The molecule has 1 heterocycles. The van der Waals surface area contributed by atoms with E-state index in [1.54, 1.807) is 0 Å². The highest BCUT2D eigenvalue weighted by Gasteiger charge is 2.41. The molecule has 0 aromatic carbocycles. The number of hydrogen-bond donors (Lipinski definition) is 2. The third-order valence-electron chi connectivity index (χ3n) is 3.04. The molecule has 16 heavy (non-hydrogen) atoms. The van der Waals surface area contributed by atoms with Crippen molar-refractivity contribution in [3.05, 3.63) is 0 Å². The first-order chi connectivity index (χ1) is 7.47. The average molecular weight is 244 g/mol. The molecule has 1 saturated heterocycles. The van der Waals surface area contributed by atoms with Crippen LogP contribution in [-0.4, -0.2) is 38.0 Å². The molecule has 0 radical (unpaired) electrons. The van der Waals surface area contributed by atoms with Crippen LogP contribution < -0.4 is 11.1 Å². The molecule has 2 unspecified atom stereocenters. The largest absolute Gasteiger partial charge is 0.329 e. The first kappa shape index (κ1) is 13.5. The molecule has 0 aromatic rings. The lowest BCUT2D eigenvalue weighted by Crippen LogP contribution is -2.55. The van der Waals surface area contributed by atoms with Crippen LogP contribution in [0.3, 0.4) is 0 Å². The van der Waals surface area contributed by atoms with Gasteiger partial charge < -0.3 is 5.73 Å². The molecule has 0 saturated carbocycles. The van der Waals surface area contributed by atoms with Gasteiger partial charge in [-0.15, -0.1) is 6.42 Å². The van der Waals surface area contributed by atoms with E-state index >= 15 is 0 Å². The molecule has 0 bridgehead atoms. The summed E-state index contributed by atoms with van der Waals surface area (Å²) < 4.78 is 23.0. The minimum absolute atomic E-state index is 0.0816. The van der Waals surface area contributed by atoms with Gasteiger partial charge in [-0.1, -0.05) is 19.3 Å². The number of terminal acetylenes is 1. The minimum Gasteiger partial charge on any atom is -0.329 e. The van der Waals surface area contributed by atoms with Gasteiger partial charge in [-0.3, -0.25) is 5.32 Å². The van der Waals surface area contributed by atoms with Crippen molar-refractivity contribution in [1.82, 2.24) is 5.32 Å².